The van der Waals surface area contributed by atoms with Gasteiger partial charge in [0.2, 0.25) is 0 Å². The van der Waals surface area contributed by atoms with Crippen LogP contribution < -0.4 is 4.90 Å². The molecular weight excluding hydrogens is 528 g/mol. The first-order valence-corrected chi connectivity index (χ1v) is 14.3. The van der Waals surface area contributed by atoms with Crippen LogP contribution in [0.1, 0.15) is 16.7 Å². The molecule has 198 valence electrons. The minimum atomic E-state index is -0.224. The fourth-order valence-electron chi connectivity index (χ4n) is 5.19. The predicted octanol–water partition coefficient (Wildman–Crippen LogP) is 6.47. The number of rotatable bonds is 6. The van der Waals surface area contributed by atoms with Crippen molar-refractivity contribution in [3.05, 3.63) is 106 Å². The van der Waals surface area contributed by atoms with Gasteiger partial charge < -0.3 is 9.47 Å². The SMILES string of the molecule is Cc1ccc(N2CCN(CN3C(=O)S/C(=C/c4cn(Cc5ccccc5)c5ccccc45)C3=O)CC2)cc1Cl. The van der Waals surface area contributed by atoms with Crippen LogP contribution in [0.5, 0.6) is 0 Å². The number of nitrogens with zero attached hydrogens (tertiary/aromatic N) is 4. The second kappa shape index (κ2) is 10.9. The summed E-state index contributed by atoms with van der Waals surface area (Å²) in [4.78, 5) is 32.5. The summed E-state index contributed by atoms with van der Waals surface area (Å²) in [5.74, 6) is -0.224. The van der Waals surface area contributed by atoms with Crippen LogP contribution in [0.3, 0.4) is 0 Å². The van der Waals surface area contributed by atoms with Gasteiger partial charge in [0.1, 0.15) is 0 Å². The quantitative estimate of drug-likeness (QED) is 0.255. The summed E-state index contributed by atoms with van der Waals surface area (Å²) in [7, 11) is 0. The molecule has 6 nitrogen and oxygen atoms in total. The molecule has 39 heavy (non-hydrogen) atoms. The van der Waals surface area contributed by atoms with E-state index >= 15 is 0 Å². The number of anilines is 1. The number of benzene rings is 3. The molecule has 0 atom stereocenters. The van der Waals surface area contributed by atoms with E-state index in [0.717, 1.165) is 77.2 Å². The van der Waals surface area contributed by atoms with Gasteiger partial charge in [-0.25, -0.2) is 0 Å². The standard InChI is InChI=1S/C31H29ClN4O2S/c1-22-11-12-25(18-27(22)32)34-15-13-33(14-16-34)21-36-30(37)29(39-31(36)38)17-24-20-35(19-23-7-3-2-4-8-23)28-10-6-5-9-26(24)28/h2-12,17-18,20H,13-16,19,21H2,1H3/b29-17+. The highest BCUT2D eigenvalue weighted by Crippen LogP contribution is 2.34. The van der Waals surface area contributed by atoms with Crippen molar-refractivity contribution in [2.75, 3.05) is 37.7 Å². The molecule has 0 aliphatic carbocycles. The first kappa shape index (κ1) is 25.7. The molecule has 0 saturated carbocycles. The van der Waals surface area contributed by atoms with Crippen LogP contribution >= 0.6 is 23.4 Å². The van der Waals surface area contributed by atoms with Gasteiger partial charge in [-0.15, -0.1) is 0 Å². The van der Waals surface area contributed by atoms with Crippen LogP contribution in [0.15, 0.2) is 83.9 Å². The van der Waals surface area contributed by atoms with Crippen LogP contribution in [0.4, 0.5) is 10.5 Å². The summed E-state index contributed by atoms with van der Waals surface area (Å²) in [5, 5.41) is 1.61. The lowest BCUT2D eigenvalue weighted by Gasteiger charge is -2.37. The number of halogens is 1. The molecule has 4 aromatic rings. The number of thioether (sulfide) groups is 1. The molecule has 0 N–H and O–H groups in total. The molecular formula is C31H29ClN4O2S. The van der Waals surface area contributed by atoms with Crippen molar-refractivity contribution in [1.29, 1.82) is 0 Å². The van der Waals surface area contributed by atoms with Crippen molar-refractivity contribution in [2.24, 2.45) is 0 Å². The highest BCUT2D eigenvalue weighted by Gasteiger charge is 2.36. The van der Waals surface area contributed by atoms with E-state index in [1.165, 1.54) is 10.5 Å². The topological polar surface area (TPSA) is 48.8 Å². The minimum absolute atomic E-state index is 0.216. The highest BCUT2D eigenvalue weighted by molar-refractivity contribution is 8.18. The summed E-state index contributed by atoms with van der Waals surface area (Å²) >= 11 is 7.35. The third-order valence-corrected chi connectivity index (χ3v) is 8.72. The number of hydrogen-bond donors (Lipinski definition) is 0. The van der Waals surface area contributed by atoms with E-state index in [9.17, 15) is 9.59 Å². The zero-order valence-corrected chi connectivity index (χ0v) is 23.3. The molecule has 6 rings (SSSR count). The van der Waals surface area contributed by atoms with E-state index < -0.39 is 0 Å². The van der Waals surface area contributed by atoms with E-state index in [1.54, 1.807) is 0 Å². The summed E-state index contributed by atoms with van der Waals surface area (Å²) < 4.78 is 2.20. The molecule has 8 heteroatoms. The van der Waals surface area contributed by atoms with Crippen molar-refractivity contribution in [2.45, 2.75) is 13.5 Å². The number of fused-ring (bicyclic) bond motifs is 1. The van der Waals surface area contributed by atoms with Gasteiger partial charge in [0.15, 0.2) is 0 Å². The van der Waals surface area contributed by atoms with Crippen LogP contribution in [0.2, 0.25) is 5.02 Å². The average Bonchev–Trinajstić information content (AvgIpc) is 3.43. The zero-order valence-electron chi connectivity index (χ0n) is 21.7. The van der Waals surface area contributed by atoms with Crippen molar-refractivity contribution in [3.8, 4) is 0 Å². The Morgan fingerprint density at radius 3 is 2.44 bits per heavy atom. The second-order valence-electron chi connectivity index (χ2n) is 10.0. The number of amides is 2. The van der Waals surface area contributed by atoms with Gasteiger partial charge in [-0.1, -0.05) is 66.2 Å². The van der Waals surface area contributed by atoms with Gasteiger partial charge in [0, 0.05) is 66.1 Å². The minimum Gasteiger partial charge on any atom is -0.369 e. The molecule has 0 radical (unpaired) electrons. The lowest BCUT2D eigenvalue weighted by atomic mass is 10.1. The summed E-state index contributed by atoms with van der Waals surface area (Å²) in [5.41, 5.74) is 5.41. The highest BCUT2D eigenvalue weighted by atomic mass is 35.5. The molecule has 1 aromatic heterocycles. The Morgan fingerprint density at radius 1 is 0.923 bits per heavy atom. The molecule has 0 spiro atoms. The first-order valence-electron chi connectivity index (χ1n) is 13.1. The maximum absolute atomic E-state index is 13.3. The lowest BCUT2D eigenvalue weighted by molar-refractivity contribution is -0.124. The van der Waals surface area contributed by atoms with E-state index in [1.807, 2.05) is 55.5 Å². The Morgan fingerprint density at radius 2 is 1.67 bits per heavy atom. The first-order chi connectivity index (χ1) is 19.0. The van der Waals surface area contributed by atoms with E-state index in [4.69, 9.17) is 11.6 Å². The van der Waals surface area contributed by atoms with Gasteiger partial charge in [0.25, 0.3) is 11.1 Å². The van der Waals surface area contributed by atoms with Crippen molar-refractivity contribution < 1.29 is 9.59 Å². The number of imide groups is 1. The molecule has 0 bridgehead atoms. The van der Waals surface area contributed by atoms with Gasteiger partial charge in [-0.3, -0.25) is 19.4 Å². The number of carbonyl (C=O) groups is 2. The molecule has 2 amide bonds. The monoisotopic (exact) mass is 556 g/mol. The fourth-order valence-corrected chi connectivity index (χ4v) is 6.19. The maximum atomic E-state index is 13.3. The molecule has 2 fully saturated rings. The number of carbonyl (C=O) groups excluding carboxylic acids is 2. The van der Waals surface area contributed by atoms with Crippen molar-refractivity contribution in [1.82, 2.24) is 14.4 Å². The molecule has 2 aliphatic heterocycles. The third-order valence-electron chi connectivity index (χ3n) is 7.41. The molecule has 3 heterocycles. The van der Waals surface area contributed by atoms with Gasteiger partial charge in [-0.2, -0.15) is 0 Å². The summed E-state index contributed by atoms with van der Waals surface area (Å²) in [6.07, 6.45) is 3.94. The smallest absolute Gasteiger partial charge is 0.294 e. The maximum Gasteiger partial charge on any atom is 0.294 e. The normalized spacial score (nSPS) is 17.6. The van der Waals surface area contributed by atoms with Gasteiger partial charge >= 0.3 is 0 Å². The van der Waals surface area contributed by atoms with Crippen LogP contribution in [0, 0.1) is 6.92 Å². The van der Waals surface area contributed by atoms with Crippen molar-refractivity contribution >= 4 is 57.2 Å². The molecule has 0 unspecified atom stereocenters. The zero-order chi connectivity index (χ0) is 26.9. The Kier molecular flexibility index (Phi) is 7.21. The number of hydrogen-bond acceptors (Lipinski definition) is 5. The number of piperazine rings is 1. The predicted molar refractivity (Wildman–Crippen MR) is 160 cm³/mol. The average molecular weight is 557 g/mol. The largest absolute Gasteiger partial charge is 0.369 e. The molecule has 2 aliphatic rings. The molecule has 2 saturated heterocycles. The Labute approximate surface area is 237 Å². The number of aryl methyl sites for hydroxylation is 1. The summed E-state index contributed by atoms with van der Waals surface area (Å²) in [6, 6.07) is 24.6. The van der Waals surface area contributed by atoms with Crippen LogP contribution in [0.25, 0.3) is 17.0 Å². The fraction of sp³-hybridized carbons (Fsp3) is 0.226. The number of aromatic nitrogens is 1. The third kappa shape index (κ3) is 5.35. The van der Waals surface area contributed by atoms with E-state index in [-0.39, 0.29) is 11.1 Å². The Hall–Kier alpha value is -3.52. The Bertz CT molecular complexity index is 1570. The van der Waals surface area contributed by atoms with Crippen LogP contribution in [-0.4, -0.2) is 58.4 Å². The number of para-hydroxylation sites is 1. The molecule has 3 aromatic carbocycles. The lowest BCUT2D eigenvalue weighted by Crippen LogP contribution is -2.50. The van der Waals surface area contributed by atoms with Crippen molar-refractivity contribution in [3.63, 3.8) is 0 Å². The summed E-state index contributed by atoms with van der Waals surface area (Å²) in [6.45, 7) is 6.19. The van der Waals surface area contributed by atoms with E-state index in [0.29, 0.717) is 11.6 Å². The van der Waals surface area contributed by atoms with Gasteiger partial charge in [0.05, 0.1) is 11.6 Å². The van der Waals surface area contributed by atoms with Gasteiger partial charge in [-0.05, 0) is 54.1 Å². The second-order valence-corrected chi connectivity index (χ2v) is 11.4. The Balaban J connectivity index is 1.15. The van der Waals surface area contributed by atoms with E-state index in [2.05, 4.69) is 50.9 Å². The van der Waals surface area contributed by atoms with Crippen LogP contribution in [-0.2, 0) is 11.3 Å².